The van der Waals surface area contributed by atoms with E-state index in [-0.39, 0.29) is 17.6 Å². The number of imidazole rings is 1. The van der Waals surface area contributed by atoms with E-state index in [1.165, 1.54) is 24.6 Å². The number of thioether (sulfide) groups is 1. The first-order chi connectivity index (χ1) is 13.1. The maximum atomic E-state index is 12.1. The molecular formula is C20H26N4O2S. The molecule has 1 aromatic heterocycles. The Hall–Kier alpha value is -2.28. The summed E-state index contributed by atoms with van der Waals surface area (Å²) in [5, 5.41) is 6.62. The number of nitrogens with zero attached hydrogens (tertiary/aromatic N) is 2. The van der Waals surface area contributed by atoms with Crippen LogP contribution in [0.3, 0.4) is 0 Å². The van der Waals surface area contributed by atoms with Gasteiger partial charge in [0.25, 0.3) is 0 Å². The third kappa shape index (κ3) is 5.60. The van der Waals surface area contributed by atoms with Gasteiger partial charge in [-0.1, -0.05) is 42.8 Å². The number of aryl methyl sites for hydroxylation is 1. The molecule has 1 aliphatic rings. The number of hydrogen-bond acceptors (Lipinski definition) is 4. The zero-order valence-corrected chi connectivity index (χ0v) is 16.4. The molecule has 27 heavy (non-hydrogen) atoms. The van der Waals surface area contributed by atoms with Crippen LogP contribution in [0.5, 0.6) is 0 Å². The number of nitrogens with one attached hydrogen (secondary N) is 2. The van der Waals surface area contributed by atoms with Crippen LogP contribution < -0.4 is 10.6 Å². The van der Waals surface area contributed by atoms with Crippen LogP contribution in [0.15, 0.2) is 41.8 Å². The molecule has 0 saturated heterocycles. The van der Waals surface area contributed by atoms with E-state index in [2.05, 4.69) is 15.6 Å². The molecule has 0 atom stereocenters. The number of carbonyl (C=O) groups excluding carboxylic acids is 2. The number of aromatic nitrogens is 2. The Morgan fingerprint density at radius 3 is 2.78 bits per heavy atom. The van der Waals surface area contributed by atoms with Gasteiger partial charge in [-0.05, 0) is 31.4 Å². The fourth-order valence-electron chi connectivity index (χ4n) is 3.28. The van der Waals surface area contributed by atoms with E-state index in [0.29, 0.717) is 19.0 Å². The first-order valence-corrected chi connectivity index (χ1v) is 10.4. The van der Waals surface area contributed by atoms with Gasteiger partial charge in [-0.15, -0.1) is 0 Å². The molecule has 2 N–H and O–H groups in total. The number of rotatable bonds is 8. The van der Waals surface area contributed by atoms with Gasteiger partial charge >= 0.3 is 0 Å². The van der Waals surface area contributed by atoms with Crippen molar-refractivity contribution >= 4 is 23.6 Å². The van der Waals surface area contributed by atoms with E-state index in [0.717, 1.165) is 29.2 Å². The largest absolute Gasteiger partial charge is 0.355 e. The maximum absolute atomic E-state index is 12.1. The van der Waals surface area contributed by atoms with Crippen LogP contribution in [0.1, 0.15) is 37.7 Å². The summed E-state index contributed by atoms with van der Waals surface area (Å²) in [6, 6.07) is 8.39. The molecule has 1 fully saturated rings. The average Bonchev–Trinajstić information content (AvgIpc) is 3.32. The van der Waals surface area contributed by atoms with E-state index >= 15 is 0 Å². The Balaban J connectivity index is 1.41. The summed E-state index contributed by atoms with van der Waals surface area (Å²) in [5.41, 5.74) is 2.21. The van der Waals surface area contributed by atoms with E-state index in [1.54, 1.807) is 6.20 Å². The molecule has 7 heteroatoms. The molecule has 6 nitrogen and oxygen atoms in total. The van der Waals surface area contributed by atoms with Crippen molar-refractivity contribution in [2.24, 2.45) is 0 Å². The van der Waals surface area contributed by atoms with Crippen molar-refractivity contribution in [1.82, 2.24) is 20.2 Å². The van der Waals surface area contributed by atoms with Crippen molar-refractivity contribution in [2.45, 2.75) is 50.2 Å². The second kappa shape index (κ2) is 9.60. The monoisotopic (exact) mass is 386 g/mol. The number of benzene rings is 1. The molecule has 2 aromatic rings. The highest BCUT2D eigenvalue weighted by Gasteiger charge is 2.17. The first-order valence-electron chi connectivity index (χ1n) is 9.41. The number of carbonyl (C=O) groups is 2. The van der Waals surface area contributed by atoms with Gasteiger partial charge in [-0.2, -0.15) is 0 Å². The Morgan fingerprint density at radius 2 is 2.00 bits per heavy atom. The topological polar surface area (TPSA) is 76.0 Å². The van der Waals surface area contributed by atoms with Crippen LogP contribution in [0.25, 0.3) is 5.69 Å². The molecular weight excluding hydrogens is 360 g/mol. The predicted octanol–water partition coefficient (Wildman–Crippen LogP) is 2.84. The minimum atomic E-state index is -0.0898. The zero-order valence-electron chi connectivity index (χ0n) is 15.6. The van der Waals surface area contributed by atoms with Gasteiger partial charge in [0.1, 0.15) is 0 Å². The van der Waals surface area contributed by atoms with Gasteiger partial charge in [0.2, 0.25) is 11.8 Å². The predicted molar refractivity (Wildman–Crippen MR) is 107 cm³/mol. The third-order valence-electron chi connectivity index (χ3n) is 4.71. The SMILES string of the molecule is Cc1ccccc1-n1ccnc1SCC(=O)NCCC(=O)NC1CCCC1. The van der Waals surface area contributed by atoms with Gasteiger partial charge < -0.3 is 10.6 Å². The van der Waals surface area contributed by atoms with Crippen molar-refractivity contribution < 1.29 is 9.59 Å². The normalized spacial score (nSPS) is 14.3. The molecule has 2 amide bonds. The van der Waals surface area contributed by atoms with Crippen LogP contribution in [0.2, 0.25) is 0 Å². The smallest absolute Gasteiger partial charge is 0.230 e. The molecule has 0 spiro atoms. The standard InChI is InChI=1S/C20H26N4O2S/c1-15-6-2-5-9-17(15)24-13-12-22-20(24)27-14-19(26)21-11-10-18(25)23-16-7-3-4-8-16/h2,5-6,9,12-13,16H,3-4,7-8,10-11,14H2,1H3,(H,21,26)(H,23,25). The van der Waals surface area contributed by atoms with Crippen molar-refractivity contribution in [1.29, 1.82) is 0 Å². The van der Waals surface area contributed by atoms with Crippen LogP contribution in [0, 0.1) is 6.92 Å². The van der Waals surface area contributed by atoms with Crippen LogP contribution in [0.4, 0.5) is 0 Å². The number of hydrogen-bond donors (Lipinski definition) is 2. The van der Waals surface area contributed by atoms with Gasteiger partial charge in [-0.25, -0.2) is 4.98 Å². The zero-order chi connectivity index (χ0) is 19.1. The lowest BCUT2D eigenvalue weighted by Gasteiger charge is -2.12. The molecule has 1 heterocycles. The molecule has 1 aromatic carbocycles. The molecule has 0 bridgehead atoms. The summed E-state index contributed by atoms with van der Waals surface area (Å²) in [6.45, 7) is 2.41. The number of para-hydroxylation sites is 1. The summed E-state index contributed by atoms with van der Waals surface area (Å²) in [5.74, 6) is 0.200. The highest BCUT2D eigenvalue weighted by molar-refractivity contribution is 7.99. The Labute approximate surface area is 164 Å². The summed E-state index contributed by atoms with van der Waals surface area (Å²) < 4.78 is 1.99. The third-order valence-corrected chi connectivity index (χ3v) is 5.68. The fraction of sp³-hybridized carbons (Fsp3) is 0.450. The van der Waals surface area contributed by atoms with Crippen molar-refractivity contribution in [3.63, 3.8) is 0 Å². The lowest BCUT2D eigenvalue weighted by Crippen LogP contribution is -2.36. The van der Waals surface area contributed by atoms with Gasteiger partial charge in [0, 0.05) is 31.4 Å². The summed E-state index contributed by atoms with van der Waals surface area (Å²) in [4.78, 5) is 28.3. The Kier molecular flexibility index (Phi) is 6.92. The van der Waals surface area contributed by atoms with E-state index in [4.69, 9.17) is 0 Å². The van der Waals surface area contributed by atoms with Crippen LogP contribution >= 0.6 is 11.8 Å². The first kappa shape index (κ1) is 19.5. The highest BCUT2D eigenvalue weighted by atomic mass is 32.2. The molecule has 1 aliphatic carbocycles. The Morgan fingerprint density at radius 1 is 1.22 bits per heavy atom. The average molecular weight is 387 g/mol. The summed E-state index contributed by atoms with van der Waals surface area (Å²) in [6.07, 6.45) is 8.49. The van der Waals surface area contributed by atoms with E-state index in [9.17, 15) is 9.59 Å². The van der Waals surface area contributed by atoms with E-state index < -0.39 is 0 Å². The minimum absolute atomic E-state index is 0.0185. The molecule has 144 valence electrons. The summed E-state index contributed by atoms with van der Waals surface area (Å²) in [7, 11) is 0. The molecule has 1 saturated carbocycles. The lowest BCUT2D eigenvalue weighted by atomic mass is 10.2. The van der Waals surface area contributed by atoms with Crippen molar-refractivity contribution in [3.05, 3.63) is 42.2 Å². The van der Waals surface area contributed by atoms with Gasteiger partial charge in [-0.3, -0.25) is 14.2 Å². The Bertz CT molecular complexity index is 784. The molecule has 0 aliphatic heterocycles. The minimum Gasteiger partial charge on any atom is -0.355 e. The van der Waals surface area contributed by atoms with Gasteiger partial charge in [0.15, 0.2) is 5.16 Å². The van der Waals surface area contributed by atoms with E-state index in [1.807, 2.05) is 42.0 Å². The lowest BCUT2D eigenvalue weighted by molar-refractivity contribution is -0.122. The highest BCUT2D eigenvalue weighted by Crippen LogP contribution is 2.22. The van der Waals surface area contributed by atoms with Crippen molar-refractivity contribution in [2.75, 3.05) is 12.3 Å². The van der Waals surface area contributed by atoms with Crippen molar-refractivity contribution in [3.8, 4) is 5.69 Å². The second-order valence-electron chi connectivity index (χ2n) is 6.80. The second-order valence-corrected chi connectivity index (χ2v) is 7.75. The van der Waals surface area contributed by atoms with Crippen LogP contribution in [-0.2, 0) is 9.59 Å². The fourth-order valence-corrected chi connectivity index (χ4v) is 4.08. The maximum Gasteiger partial charge on any atom is 0.230 e. The summed E-state index contributed by atoms with van der Waals surface area (Å²) >= 11 is 1.39. The van der Waals surface area contributed by atoms with Gasteiger partial charge in [0.05, 0.1) is 11.4 Å². The van der Waals surface area contributed by atoms with Crippen LogP contribution in [-0.4, -0.2) is 39.7 Å². The molecule has 0 radical (unpaired) electrons. The molecule has 3 rings (SSSR count). The molecule has 0 unspecified atom stereocenters. The number of amides is 2. The quantitative estimate of drug-likeness (QED) is 0.684.